The normalized spacial score (nSPS) is 16.2. The number of nitrogens with one attached hydrogen (secondary N) is 1. The van der Waals surface area contributed by atoms with Gasteiger partial charge in [0, 0.05) is 22.3 Å². The number of hydrogen-bond donors (Lipinski definition) is 1. The molecule has 1 saturated heterocycles. The third-order valence-corrected chi connectivity index (χ3v) is 6.30. The Bertz CT molecular complexity index is 896. The van der Waals surface area contributed by atoms with E-state index in [0.717, 1.165) is 15.7 Å². The van der Waals surface area contributed by atoms with Crippen molar-refractivity contribution in [1.29, 1.82) is 0 Å². The summed E-state index contributed by atoms with van der Waals surface area (Å²) in [5.41, 5.74) is 2.63. The van der Waals surface area contributed by atoms with Gasteiger partial charge in [-0.15, -0.1) is 0 Å². The van der Waals surface area contributed by atoms with Crippen LogP contribution in [0.1, 0.15) is 22.3 Å². The monoisotopic (exact) mass is 408 g/mol. The van der Waals surface area contributed by atoms with Crippen LogP contribution in [0.15, 0.2) is 46.9 Å². The van der Waals surface area contributed by atoms with Crippen LogP contribution in [-0.4, -0.2) is 26.6 Å². The molecule has 24 heavy (non-hydrogen) atoms. The summed E-state index contributed by atoms with van der Waals surface area (Å²) in [4.78, 5) is 12.5. The Morgan fingerprint density at radius 3 is 2.67 bits per heavy atom. The number of rotatable bonds is 3. The molecule has 126 valence electrons. The third kappa shape index (κ3) is 3.47. The van der Waals surface area contributed by atoms with Crippen LogP contribution in [0.25, 0.3) is 0 Å². The van der Waals surface area contributed by atoms with Crippen molar-refractivity contribution in [1.82, 2.24) is 0 Å². The van der Waals surface area contributed by atoms with Gasteiger partial charge in [-0.1, -0.05) is 22.0 Å². The van der Waals surface area contributed by atoms with Crippen molar-refractivity contribution in [3.05, 3.63) is 58.1 Å². The highest BCUT2D eigenvalue weighted by atomic mass is 79.9. The molecule has 1 heterocycles. The highest BCUT2D eigenvalue weighted by Crippen LogP contribution is 2.26. The molecule has 0 atom stereocenters. The zero-order valence-electron chi connectivity index (χ0n) is 13.1. The van der Waals surface area contributed by atoms with Gasteiger partial charge in [0.25, 0.3) is 5.91 Å². The summed E-state index contributed by atoms with van der Waals surface area (Å²) in [6.07, 6.45) is 0.608. The highest BCUT2D eigenvalue weighted by molar-refractivity contribution is 9.10. The zero-order chi connectivity index (χ0) is 17.3. The van der Waals surface area contributed by atoms with E-state index in [1.807, 2.05) is 25.1 Å². The average molecular weight is 409 g/mol. The van der Waals surface area contributed by atoms with Crippen LogP contribution in [0.5, 0.6) is 0 Å². The number of aryl methyl sites for hydroxylation is 1. The molecule has 0 bridgehead atoms. The minimum Gasteiger partial charge on any atom is -0.322 e. The number of amides is 1. The molecule has 1 fully saturated rings. The van der Waals surface area contributed by atoms with Gasteiger partial charge in [0.15, 0.2) is 0 Å². The lowest BCUT2D eigenvalue weighted by molar-refractivity contribution is 0.102. The molecule has 2 aromatic rings. The zero-order valence-corrected chi connectivity index (χ0v) is 15.5. The van der Waals surface area contributed by atoms with E-state index in [4.69, 9.17) is 0 Å². The van der Waals surface area contributed by atoms with E-state index >= 15 is 0 Å². The Morgan fingerprint density at radius 1 is 1.21 bits per heavy atom. The van der Waals surface area contributed by atoms with E-state index in [-0.39, 0.29) is 11.7 Å². The van der Waals surface area contributed by atoms with Crippen LogP contribution in [0.4, 0.5) is 11.4 Å². The van der Waals surface area contributed by atoms with Crippen LogP contribution >= 0.6 is 15.9 Å². The predicted octanol–water partition coefficient (Wildman–Crippen LogP) is 3.55. The summed E-state index contributed by atoms with van der Waals surface area (Å²) in [5, 5.41) is 2.86. The Morgan fingerprint density at radius 2 is 2.00 bits per heavy atom. The van der Waals surface area contributed by atoms with Crippen LogP contribution in [0.2, 0.25) is 0 Å². The van der Waals surface area contributed by atoms with Crippen LogP contribution in [0.3, 0.4) is 0 Å². The summed E-state index contributed by atoms with van der Waals surface area (Å²) in [6, 6.07) is 12.3. The Hall–Kier alpha value is -1.86. The summed E-state index contributed by atoms with van der Waals surface area (Å²) in [7, 11) is -3.26. The fourth-order valence-corrected chi connectivity index (χ4v) is 4.73. The van der Waals surface area contributed by atoms with E-state index in [2.05, 4.69) is 21.2 Å². The summed E-state index contributed by atoms with van der Waals surface area (Å²) in [5.74, 6) is -0.111. The molecular weight excluding hydrogens is 392 g/mol. The van der Waals surface area contributed by atoms with Crippen molar-refractivity contribution in [2.45, 2.75) is 13.3 Å². The second-order valence-electron chi connectivity index (χ2n) is 5.71. The Labute approximate surface area is 149 Å². The number of benzene rings is 2. The first-order valence-corrected chi connectivity index (χ1v) is 9.95. The van der Waals surface area contributed by atoms with Gasteiger partial charge in [-0.2, -0.15) is 0 Å². The fraction of sp³-hybridized carbons (Fsp3) is 0.235. The minimum atomic E-state index is -3.26. The van der Waals surface area contributed by atoms with E-state index in [1.54, 1.807) is 24.3 Å². The third-order valence-electron chi connectivity index (χ3n) is 3.93. The molecule has 3 rings (SSSR count). The minimum absolute atomic E-state index is 0.154. The van der Waals surface area contributed by atoms with Gasteiger partial charge in [0.05, 0.1) is 11.4 Å². The SMILES string of the molecule is Cc1cc(Br)ccc1NC(=O)c1cccc(N2CCCS2(=O)=O)c1. The average Bonchev–Trinajstić information content (AvgIpc) is 2.89. The summed E-state index contributed by atoms with van der Waals surface area (Å²) >= 11 is 3.39. The standard InChI is InChI=1S/C17H17BrN2O3S/c1-12-10-14(18)6-7-16(12)19-17(21)13-4-2-5-15(11-13)20-8-3-9-24(20,22)23/h2,4-7,10-11H,3,8-9H2,1H3,(H,19,21). The lowest BCUT2D eigenvalue weighted by atomic mass is 10.1. The molecule has 5 nitrogen and oxygen atoms in total. The van der Waals surface area contributed by atoms with Gasteiger partial charge in [-0.25, -0.2) is 8.42 Å². The van der Waals surface area contributed by atoms with Gasteiger partial charge < -0.3 is 5.32 Å². The number of sulfonamides is 1. The molecule has 0 saturated carbocycles. The quantitative estimate of drug-likeness (QED) is 0.843. The second-order valence-corrected chi connectivity index (χ2v) is 8.63. The molecule has 1 aliphatic rings. The molecular formula is C17H17BrN2O3S. The molecule has 0 spiro atoms. The van der Waals surface area contributed by atoms with Crippen molar-refractivity contribution >= 4 is 43.2 Å². The first-order chi connectivity index (χ1) is 11.4. The number of carbonyl (C=O) groups is 1. The van der Waals surface area contributed by atoms with Gasteiger partial charge in [-0.05, 0) is 55.3 Å². The summed E-state index contributed by atoms with van der Waals surface area (Å²) < 4.78 is 26.4. The molecule has 7 heteroatoms. The molecule has 0 aromatic heterocycles. The molecule has 1 amide bonds. The number of halogens is 1. The first kappa shape index (κ1) is 17.0. The van der Waals surface area contributed by atoms with E-state index in [1.165, 1.54) is 4.31 Å². The number of anilines is 2. The molecule has 0 unspecified atom stereocenters. The van der Waals surface area contributed by atoms with Crippen LogP contribution in [-0.2, 0) is 10.0 Å². The molecule has 0 radical (unpaired) electrons. The van der Waals surface area contributed by atoms with Crippen molar-refractivity contribution < 1.29 is 13.2 Å². The summed E-state index contributed by atoms with van der Waals surface area (Å²) in [6.45, 7) is 2.37. The number of carbonyl (C=O) groups excluding carboxylic acids is 1. The Balaban J connectivity index is 1.84. The smallest absolute Gasteiger partial charge is 0.255 e. The fourth-order valence-electron chi connectivity index (χ4n) is 2.69. The van der Waals surface area contributed by atoms with Crippen LogP contribution < -0.4 is 9.62 Å². The Kier molecular flexibility index (Phi) is 4.64. The maximum absolute atomic E-state index is 12.5. The van der Waals surface area contributed by atoms with Gasteiger partial charge in [0.1, 0.15) is 0 Å². The molecule has 1 aliphatic heterocycles. The molecule has 1 N–H and O–H groups in total. The van der Waals surface area contributed by atoms with Gasteiger partial charge >= 0.3 is 0 Å². The lowest BCUT2D eigenvalue weighted by Crippen LogP contribution is -2.25. The van der Waals surface area contributed by atoms with Crippen molar-refractivity contribution in [2.75, 3.05) is 21.9 Å². The van der Waals surface area contributed by atoms with Crippen LogP contribution in [0, 0.1) is 6.92 Å². The van der Waals surface area contributed by atoms with Crippen molar-refractivity contribution in [2.24, 2.45) is 0 Å². The van der Waals surface area contributed by atoms with E-state index in [9.17, 15) is 13.2 Å². The van der Waals surface area contributed by atoms with Gasteiger partial charge in [0.2, 0.25) is 10.0 Å². The first-order valence-electron chi connectivity index (χ1n) is 7.55. The number of nitrogens with zero attached hydrogens (tertiary/aromatic N) is 1. The highest BCUT2D eigenvalue weighted by Gasteiger charge is 2.28. The predicted molar refractivity (Wildman–Crippen MR) is 99.0 cm³/mol. The lowest BCUT2D eigenvalue weighted by Gasteiger charge is -2.17. The maximum atomic E-state index is 12.5. The van der Waals surface area contributed by atoms with E-state index < -0.39 is 10.0 Å². The van der Waals surface area contributed by atoms with Crippen molar-refractivity contribution in [3.8, 4) is 0 Å². The van der Waals surface area contributed by atoms with Crippen molar-refractivity contribution in [3.63, 3.8) is 0 Å². The van der Waals surface area contributed by atoms with Gasteiger partial charge in [-0.3, -0.25) is 9.10 Å². The largest absolute Gasteiger partial charge is 0.322 e. The maximum Gasteiger partial charge on any atom is 0.255 e. The van der Waals surface area contributed by atoms with E-state index in [0.29, 0.717) is 24.2 Å². The second kappa shape index (κ2) is 6.57. The topological polar surface area (TPSA) is 66.5 Å². The molecule has 0 aliphatic carbocycles. The number of hydrogen-bond acceptors (Lipinski definition) is 3. The molecule has 2 aromatic carbocycles.